The van der Waals surface area contributed by atoms with E-state index in [2.05, 4.69) is 22.5 Å². The van der Waals surface area contributed by atoms with E-state index in [0.717, 1.165) is 18.4 Å². The van der Waals surface area contributed by atoms with Gasteiger partial charge >= 0.3 is 0 Å². The van der Waals surface area contributed by atoms with Gasteiger partial charge in [-0.25, -0.2) is 0 Å². The molecular formula is C15H30N4O. The molecule has 0 aliphatic heterocycles. The number of hydrogen-bond donors (Lipinski definition) is 3. The van der Waals surface area contributed by atoms with E-state index >= 15 is 0 Å². The minimum Gasteiger partial charge on any atom is -0.369 e. The summed E-state index contributed by atoms with van der Waals surface area (Å²) in [6, 6.07) is 0.487. The Balaban J connectivity index is 2.57. The van der Waals surface area contributed by atoms with Gasteiger partial charge in [0, 0.05) is 12.6 Å². The lowest BCUT2D eigenvalue weighted by Crippen LogP contribution is -2.45. The molecule has 0 aromatic rings. The molecule has 116 valence electrons. The van der Waals surface area contributed by atoms with E-state index in [4.69, 9.17) is 5.73 Å². The third-order valence-corrected chi connectivity index (χ3v) is 4.00. The number of primary amides is 1. The average Bonchev–Trinajstić information content (AvgIpc) is 2.39. The van der Waals surface area contributed by atoms with Crippen LogP contribution in [0.25, 0.3) is 0 Å². The van der Waals surface area contributed by atoms with Gasteiger partial charge in [-0.3, -0.25) is 9.79 Å². The number of rotatable bonds is 5. The molecule has 0 atom stereocenters. The maximum Gasteiger partial charge on any atom is 0.224 e. The van der Waals surface area contributed by atoms with E-state index in [1.165, 1.54) is 25.7 Å². The molecule has 20 heavy (non-hydrogen) atoms. The number of amides is 1. The number of carbonyl (C=O) groups excluding carboxylic acids is 1. The highest BCUT2D eigenvalue weighted by Gasteiger charge is 2.25. The smallest absolute Gasteiger partial charge is 0.224 e. The Morgan fingerprint density at radius 2 is 1.90 bits per heavy atom. The fraction of sp³-hybridized carbons (Fsp3) is 0.867. The van der Waals surface area contributed by atoms with Gasteiger partial charge in [0.05, 0.1) is 12.0 Å². The van der Waals surface area contributed by atoms with E-state index < -0.39 is 5.41 Å². The molecule has 0 aromatic heterocycles. The molecule has 1 saturated carbocycles. The summed E-state index contributed by atoms with van der Waals surface area (Å²) in [5.74, 6) is 1.31. The lowest BCUT2D eigenvalue weighted by molar-refractivity contribution is -0.125. The van der Waals surface area contributed by atoms with Gasteiger partial charge in [0.15, 0.2) is 5.96 Å². The molecule has 0 unspecified atom stereocenters. The Morgan fingerprint density at radius 3 is 2.40 bits per heavy atom. The largest absolute Gasteiger partial charge is 0.369 e. The SMILES string of the molecule is CCNC(=NCC(C)(C)C(N)=O)NC1CCC(C)CC1. The lowest BCUT2D eigenvalue weighted by atomic mass is 9.87. The first-order chi connectivity index (χ1) is 9.35. The van der Waals surface area contributed by atoms with Gasteiger partial charge < -0.3 is 16.4 Å². The lowest BCUT2D eigenvalue weighted by Gasteiger charge is -2.28. The van der Waals surface area contributed by atoms with E-state index in [1.807, 2.05) is 20.8 Å². The summed E-state index contributed by atoms with van der Waals surface area (Å²) in [6.45, 7) is 9.21. The van der Waals surface area contributed by atoms with E-state index in [9.17, 15) is 4.79 Å². The van der Waals surface area contributed by atoms with Crippen LogP contribution in [-0.2, 0) is 4.79 Å². The summed E-state index contributed by atoms with van der Waals surface area (Å²) >= 11 is 0. The second-order valence-corrected chi connectivity index (χ2v) is 6.54. The molecule has 0 aromatic carbocycles. The fourth-order valence-corrected chi connectivity index (χ4v) is 2.27. The molecule has 0 bridgehead atoms. The second kappa shape index (κ2) is 7.50. The molecule has 0 radical (unpaired) electrons. The van der Waals surface area contributed by atoms with Crippen molar-refractivity contribution in [3.05, 3.63) is 0 Å². The van der Waals surface area contributed by atoms with Crippen LogP contribution in [0.4, 0.5) is 0 Å². The van der Waals surface area contributed by atoms with E-state index in [-0.39, 0.29) is 5.91 Å². The number of aliphatic imine (C=N–C) groups is 1. The first kappa shape index (κ1) is 16.8. The Kier molecular flexibility index (Phi) is 6.30. The van der Waals surface area contributed by atoms with Crippen molar-refractivity contribution in [2.75, 3.05) is 13.1 Å². The summed E-state index contributed by atoms with van der Waals surface area (Å²) in [4.78, 5) is 15.8. The van der Waals surface area contributed by atoms with Crippen LogP contribution in [0.15, 0.2) is 4.99 Å². The molecule has 1 amide bonds. The zero-order chi connectivity index (χ0) is 15.2. The van der Waals surface area contributed by atoms with Crippen LogP contribution in [-0.4, -0.2) is 31.0 Å². The number of nitrogens with zero attached hydrogens (tertiary/aromatic N) is 1. The minimum atomic E-state index is -0.608. The van der Waals surface area contributed by atoms with Gasteiger partial charge in [0.25, 0.3) is 0 Å². The monoisotopic (exact) mass is 282 g/mol. The molecule has 1 aliphatic carbocycles. The Labute approximate surface area is 122 Å². The van der Waals surface area contributed by atoms with Crippen molar-refractivity contribution in [3.63, 3.8) is 0 Å². The molecule has 1 rings (SSSR count). The average molecular weight is 282 g/mol. The molecule has 4 N–H and O–H groups in total. The molecule has 5 nitrogen and oxygen atoms in total. The predicted molar refractivity (Wildman–Crippen MR) is 83.5 cm³/mol. The predicted octanol–water partition coefficient (Wildman–Crippen LogP) is 1.63. The highest BCUT2D eigenvalue weighted by molar-refractivity contribution is 5.82. The Hall–Kier alpha value is -1.26. The van der Waals surface area contributed by atoms with Gasteiger partial charge in [-0.05, 0) is 52.4 Å². The molecule has 0 heterocycles. The third kappa shape index (κ3) is 5.39. The van der Waals surface area contributed by atoms with Crippen molar-refractivity contribution in [2.45, 2.75) is 59.4 Å². The van der Waals surface area contributed by atoms with Crippen LogP contribution in [0.3, 0.4) is 0 Å². The third-order valence-electron chi connectivity index (χ3n) is 4.00. The zero-order valence-corrected chi connectivity index (χ0v) is 13.3. The highest BCUT2D eigenvalue weighted by Crippen LogP contribution is 2.23. The highest BCUT2D eigenvalue weighted by atomic mass is 16.1. The zero-order valence-electron chi connectivity index (χ0n) is 13.3. The van der Waals surface area contributed by atoms with Crippen molar-refractivity contribution in [1.82, 2.24) is 10.6 Å². The summed E-state index contributed by atoms with van der Waals surface area (Å²) in [5, 5.41) is 6.72. The van der Waals surface area contributed by atoms with Crippen molar-refractivity contribution in [3.8, 4) is 0 Å². The maximum atomic E-state index is 11.3. The van der Waals surface area contributed by atoms with Crippen molar-refractivity contribution in [1.29, 1.82) is 0 Å². The molecule has 1 aliphatic rings. The van der Waals surface area contributed by atoms with Crippen LogP contribution in [0, 0.1) is 11.3 Å². The first-order valence-corrected chi connectivity index (χ1v) is 7.70. The fourth-order valence-electron chi connectivity index (χ4n) is 2.27. The van der Waals surface area contributed by atoms with Gasteiger partial charge in [-0.1, -0.05) is 6.92 Å². The van der Waals surface area contributed by atoms with Crippen molar-refractivity contribution < 1.29 is 4.79 Å². The molecule has 5 heteroatoms. The summed E-state index contributed by atoms with van der Waals surface area (Å²) in [7, 11) is 0. The van der Waals surface area contributed by atoms with Gasteiger partial charge in [-0.2, -0.15) is 0 Å². The molecule has 0 spiro atoms. The number of nitrogens with one attached hydrogen (secondary N) is 2. The second-order valence-electron chi connectivity index (χ2n) is 6.54. The normalized spacial score (nSPS) is 24.3. The van der Waals surface area contributed by atoms with Crippen LogP contribution in [0.5, 0.6) is 0 Å². The van der Waals surface area contributed by atoms with Crippen LogP contribution in [0.2, 0.25) is 0 Å². The topological polar surface area (TPSA) is 79.5 Å². The molecule has 1 fully saturated rings. The van der Waals surface area contributed by atoms with Gasteiger partial charge in [-0.15, -0.1) is 0 Å². The molecule has 0 saturated heterocycles. The van der Waals surface area contributed by atoms with Gasteiger partial charge in [0.1, 0.15) is 0 Å². The summed E-state index contributed by atoms with van der Waals surface area (Å²) < 4.78 is 0. The standard InChI is InChI=1S/C15H30N4O/c1-5-17-14(18-10-15(3,4)13(16)20)19-12-8-6-11(2)7-9-12/h11-12H,5-10H2,1-4H3,(H2,16,20)(H2,17,18,19). The number of nitrogens with two attached hydrogens (primary N) is 1. The summed E-state index contributed by atoms with van der Waals surface area (Å²) in [5.41, 5.74) is 4.77. The van der Waals surface area contributed by atoms with E-state index in [1.54, 1.807) is 0 Å². The maximum absolute atomic E-state index is 11.3. The summed E-state index contributed by atoms with van der Waals surface area (Å²) in [6.07, 6.45) is 4.91. The quantitative estimate of drug-likeness (QED) is 0.529. The van der Waals surface area contributed by atoms with Crippen molar-refractivity contribution >= 4 is 11.9 Å². The van der Waals surface area contributed by atoms with E-state index in [0.29, 0.717) is 12.6 Å². The minimum absolute atomic E-state index is 0.316. The molecular weight excluding hydrogens is 252 g/mol. The number of guanidine groups is 1. The number of carbonyl (C=O) groups is 1. The Bertz CT molecular complexity index is 344. The van der Waals surface area contributed by atoms with Crippen LogP contribution < -0.4 is 16.4 Å². The number of hydrogen-bond acceptors (Lipinski definition) is 2. The van der Waals surface area contributed by atoms with Crippen LogP contribution >= 0.6 is 0 Å². The van der Waals surface area contributed by atoms with Crippen LogP contribution in [0.1, 0.15) is 53.4 Å². The van der Waals surface area contributed by atoms with Crippen molar-refractivity contribution in [2.24, 2.45) is 22.1 Å². The van der Waals surface area contributed by atoms with Gasteiger partial charge in [0.2, 0.25) is 5.91 Å². The first-order valence-electron chi connectivity index (χ1n) is 7.70. The Morgan fingerprint density at radius 1 is 1.30 bits per heavy atom.